The van der Waals surface area contributed by atoms with E-state index in [-0.39, 0.29) is 11.7 Å². The molecule has 22 heavy (non-hydrogen) atoms. The lowest BCUT2D eigenvalue weighted by Gasteiger charge is -2.13. The molecule has 0 aromatic heterocycles. The summed E-state index contributed by atoms with van der Waals surface area (Å²) in [6.45, 7) is 2.54. The summed E-state index contributed by atoms with van der Waals surface area (Å²) in [5.41, 5.74) is 2.28. The molecule has 4 heteroatoms. The number of benzene rings is 2. The molecule has 0 aliphatic carbocycles. The highest BCUT2D eigenvalue weighted by molar-refractivity contribution is 7.89. The highest BCUT2D eigenvalue weighted by Gasteiger charge is 2.12. The van der Waals surface area contributed by atoms with Crippen molar-refractivity contribution in [3.8, 4) is 0 Å². The molecule has 0 bridgehead atoms. The zero-order valence-electron chi connectivity index (χ0n) is 12.9. The van der Waals surface area contributed by atoms with Crippen LogP contribution in [0.3, 0.4) is 0 Å². The molecule has 0 spiro atoms. The number of hydrogen-bond donors (Lipinski definition) is 1. The Morgan fingerprint density at radius 3 is 2.05 bits per heavy atom. The van der Waals surface area contributed by atoms with Crippen molar-refractivity contribution in [2.75, 3.05) is 12.3 Å². The van der Waals surface area contributed by atoms with Crippen LogP contribution in [0.5, 0.6) is 0 Å². The molecule has 2 rings (SSSR count). The third-order valence-corrected chi connectivity index (χ3v) is 4.93. The van der Waals surface area contributed by atoms with Gasteiger partial charge in [0.15, 0.2) is 0 Å². The number of sulfonamides is 1. The first kappa shape index (κ1) is 16.7. The zero-order valence-corrected chi connectivity index (χ0v) is 13.7. The first-order chi connectivity index (χ1) is 10.6. The lowest BCUT2D eigenvalue weighted by Crippen LogP contribution is -2.31. The van der Waals surface area contributed by atoms with Crippen molar-refractivity contribution in [3.63, 3.8) is 0 Å². The largest absolute Gasteiger partial charge is 0.215 e. The van der Waals surface area contributed by atoms with Crippen LogP contribution >= 0.6 is 0 Å². The normalized spacial score (nSPS) is 13.0. The van der Waals surface area contributed by atoms with E-state index in [4.69, 9.17) is 0 Å². The summed E-state index contributed by atoms with van der Waals surface area (Å²) in [6, 6.07) is 19.8. The average Bonchev–Trinajstić information content (AvgIpc) is 2.53. The molecule has 0 aliphatic heterocycles. The summed E-state index contributed by atoms with van der Waals surface area (Å²) in [6.07, 6.45) is 1.42. The molecule has 0 radical (unpaired) electrons. The van der Waals surface area contributed by atoms with E-state index in [1.54, 1.807) is 0 Å². The van der Waals surface area contributed by atoms with Gasteiger partial charge >= 0.3 is 0 Å². The Labute approximate surface area is 133 Å². The van der Waals surface area contributed by atoms with Crippen LogP contribution in [-0.2, 0) is 22.9 Å². The van der Waals surface area contributed by atoms with Crippen LogP contribution in [0.15, 0.2) is 60.7 Å². The van der Waals surface area contributed by atoms with E-state index < -0.39 is 10.0 Å². The smallest absolute Gasteiger partial charge is 0.211 e. The van der Waals surface area contributed by atoms with Crippen LogP contribution in [0.2, 0.25) is 0 Å². The van der Waals surface area contributed by atoms with Gasteiger partial charge in [0, 0.05) is 6.54 Å². The van der Waals surface area contributed by atoms with Crippen LogP contribution in [0.25, 0.3) is 0 Å². The predicted octanol–water partition coefficient (Wildman–Crippen LogP) is 3.03. The number of nitrogens with one attached hydrogen (secondary N) is 1. The fourth-order valence-electron chi connectivity index (χ4n) is 2.33. The molecule has 0 saturated carbocycles. The van der Waals surface area contributed by atoms with Gasteiger partial charge < -0.3 is 0 Å². The monoisotopic (exact) mass is 317 g/mol. The maximum Gasteiger partial charge on any atom is 0.211 e. The molecule has 0 amide bonds. The third kappa shape index (κ3) is 6.00. The van der Waals surface area contributed by atoms with Crippen molar-refractivity contribution in [3.05, 3.63) is 71.8 Å². The van der Waals surface area contributed by atoms with Gasteiger partial charge in [-0.25, -0.2) is 13.1 Å². The summed E-state index contributed by atoms with van der Waals surface area (Å²) in [5, 5.41) is 0. The van der Waals surface area contributed by atoms with Crippen molar-refractivity contribution in [2.45, 2.75) is 19.8 Å². The van der Waals surface area contributed by atoms with E-state index in [0.717, 1.165) is 12.0 Å². The molecule has 0 saturated heterocycles. The van der Waals surface area contributed by atoms with Crippen LogP contribution in [-0.4, -0.2) is 20.7 Å². The average molecular weight is 317 g/mol. The minimum Gasteiger partial charge on any atom is -0.215 e. The minimum atomic E-state index is -3.22. The van der Waals surface area contributed by atoms with Crippen molar-refractivity contribution < 1.29 is 8.42 Å². The highest BCUT2D eigenvalue weighted by Crippen LogP contribution is 2.08. The lowest BCUT2D eigenvalue weighted by atomic mass is 10.0. The first-order valence-electron chi connectivity index (χ1n) is 7.60. The number of aryl methyl sites for hydroxylation is 1. The third-order valence-electron chi connectivity index (χ3n) is 3.58. The number of rotatable bonds is 8. The first-order valence-corrected chi connectivity index (χ1v) is 9.25. The van der Waals surface area contributed by atoms with Crippen LogP contribution in [0, 0.1) is 5.92 Å². The Bertz CT molecular complexity index is 654. The fourth-order valence-corrected chi connectivity index (χ4v) is 3.51. The van der Waals surface area contributed by atoms with Gasteiger partial charge in [0.1, 0.15) is 0 Å². The maximum absolute atomic E-state index is 12.0. The van der Waals surface area contributed by atoms with Gasteiger partial charge in [0.2, 0.25) is 10.0 Å². The molecule has 2 aromatic carbocycles. The summed E-state index contributed by atoms with van der Waals surface area (Å²) in [7, 11) is -3.22. The Morgan fingerprint density at radius 2 is 1.45 bits per heavy atom. The molecule has 0 heterocycles. The fraction of sp³-hybridized carbons (Fsp3) is 0.333. The molecule has 3 nitrogen and oxygen atoms in total. The van der Waals surface area contributed by atoms with Crippen molar-refractivity contribution in [1.82, 2.24) is 4.72 Å². The Hall–Kier alpha value is -1.65. The van der Waals surface area contributed by atoms with Gasteiger partial charge in [0.05, 0.1) is 5.75 Å². The van der Waals surface area contributed by atoms with E-state index in [1.807, 2.05) is 48.5 Å². The van der Waals surface area contributed by atoms with Crippen molar-refractivity contribution in [1.29, 1.82) is 0 Å². The van der Waals surface area contributed by atoms with E-state index in [1.165, 1.54) is 5.56 Å². The molecule has 0 aliphatic rings. The summed E-state index contributed by atoms with van der Waals surface area (Å²) in [4.78, 5) is 0. The second kappa shape index (κ2) is 8.11. The molecular formula is C18H23NO2S. The van der Waals surface area contributed by atoms with Gasteiger partial charge in [-0.05, 0) is 29.9 Å². The summed E-state index contributed by atoms with van der Waals surface area (Å²) < 4.78 is 26.8. The molecular weight excluding hydrogens is 294 g/mol. The molecule has 1 unspecified atom stereocenters. The topological polar surface area (TPSA) is 46.2 Å². The zero-order chi connectivity index (χ0) is 15.8. The van der Waals surface area contributed by atoms with Crippen LogP contribution < -0.4 is 4.72 Å². The van der Waals surface area contributed by atoms with Crippen molar-refractivity contribution in [2.24, 2.45) is 5.92 Å². The summed E-state index contributed by atoms with van der Waals surface area (Å²) >= 11 is 0. The van der Waals surface area contributed by atoms with Gasteiger partial charge in [-0.15, -0.1) is 0 Å². The SMILES string of the molecule is CC(CNS(=O)(=O)CCc1ccccc1)Cc1ccccc1. The Kier molecular flexibility index (Phi) is 6.16. The molecule has 1 N–H and O–H groups in total. The van der Waals surface area contributed by atoms with E-state index in [0.29, 0.717) is 13.0 Å². The summed E-state index contributed by atoms with van der Waals surface area (Å²) in [5.74, 6) is 0.406. The van der Waals surface area contributed by atoms with Crippen molar-refractivity contribution >= 4 is 10.0 Å². The van der Waals surface area contributed by atoms with Gasteiger partial charge in [-0.3, -0.25) is 0 Å². The quantitative estimate of drug-likeness (QED) is 0.813. The second-order valence-corrected chi connectivity index (χ2v) is 7.62. The molecule has 1 atom stereocenters. The van der Waals surface area contributed by atoms with E-state index in [2.05, 4.69) is 23.8 Å². The lowest BCUT2D eigenvalue weighted by molar-refractivity contribution is 0.537. The van der Waals surface area contributed by atoms with Gasteiger partial charge in [-0.1, -0.05) is 67.6 Å². The Balaban J connectivity index is 1.77. The highest BCUT2D eigenvalue weighted by atomic mass is 32.2. The standard InChI is InChI=1S/C18H23NO2S/c1-16(14-18-10-6-3-7-11-18)15-19-22(20,21)13-12-17-8-4-2-5-9-17/h2-11,16,19H,12-15H2,1H3. The van der Waals surface area contributed by atoms with E-state index >= 15 is 0 Å². The van der Waals surface area contributed by atoms with E-state index in [9.17, 15) is 8.42 Å². The predicted molar refractivity (Wildman–Crippen MR) is 91.2 cm³/mol. The van der Waals surface area contributed by atoms with Crippen LogP contribution in [0.1, 0.15) is 18.1 Å². The second-order valence-electron chi connectivity index (χ2n) is 5.70. The van der Waals surface area contributed by atoms with Gasteiger partial charge in [-0.2, -0.15) is 0 Å². The Morgan fingerprint density at radius 1 is 0.909 bits per heavy atom. The number of hydrogen-bond acceptors (Lipinski definition) is 2. The van der Waals surface area contributed by atoms with Gasteiger partial charge in [0.25, 0.3) is 0 Å². The molecule has 0 fully saturated rings. The van der Waals surface area contributed by atoms with Crippen LogP contribution in [0.4, 0.5) is 0 Å². The molecule has 2 aromatic rings. The maximum atomic E-state index is 12.0. The molecule has 118 valence electrons. The minimum absolute atomic E-state index is 0.134.